The van der Waals surface area contributed by atoms with Crippen LogP contribution in [0.4, 0.5) is 10.5 Å². The normalized spacial score (nSPS) is 12.9. The lowest BCUT2D eigenvalue weighted by atomic mass is 10.0. The minimum absolute atomic E-state index is 0.204. The predicted molar refractivity (Wildman–Crippen MR) is 83.0 cm³/mol. The Bertz CT molecular complexity index is 462. The first-order valence-corrected chi connectivity index (χ1v) is 7.02. The molecule has 1 amide bonds. The maximum Gasteiger partial charge on any atom is 0.412 e. The average Bonchev–Trinajstić information content (AvgIpc) is 2.27. The molecule has 0 heterocycles. The second-order valence-corrected chi connectivity index (χ2v) is 6.29. The number of nitrogens with one attached hydrogen (secondary N) is 1. The van der Waals surface area contributed by atoms with Gasteiger partial charge >= 0.3 is 6.09 Å². The smallest absolute Gasteiger partial charge is 0.412 e. The number of hydrogen-bond acceptors (Lipinski definition) is 3. The molecule has 0 fully saturated rings. The first-order chi connectivity index (χ1) is 9.17. The Morgan fingerprint density at radius 2 is 2.05 bits per heavy atom. The van der Waals surface area contributed by atoms with Crippen molar-refractivity contribution in [3.05, 3.63) is 29.3 Å². The molecule has 0 saturated carbocycles. The standard InChI is InChI=1S/C16H26N2O2/c1-11-10-13(7-6-12(2)17)8-9-14(11)18-15(19)20-16(3,4)5/h8-10,12H,6-7,17H2,1-5H3,(H,18,19). The molecule has 4 nitrogen and oxygen atoms in total. The lowest BCUT2D eigenvalue weighted by Gasteiger charge is -2.20. The molecule has 0 aliphatic heterocycles. The van der Waals surface area contributed by atoms with Gasteiger partial charge in [-0.2, -0.15) is 0 Å². The van der Waals surface area contributed by atoms with E-state index in [9.17, 15) is 4.79 Å². The third-order valence-electron chi connectivity index (χ3n) is 2.81. The highest BCUT2D eigenvalue weighted by Crippen LogP contribution is 2.19. The zero-order valence-electron chi connectivity index (χ0n) is 13.1. The van der Waals surface area contributed by atoms with Gasteiger partial charge in [-0.15, -0.1) is 0 Å². The Balaban J connectivity index is 2.66. The molecule has 0 radical (unpaired) electrons. The number of carbonyl (C=O) groups excluding carboxylic acids is 1. The monoisotopic (exact) mass is 278 g/mol. The van der Waals surface area contributed by atoms with Gasteiger partial charge in [-0.05, 0) is 64.7 Å². The van der Waals surface area contributed by atoms with Crippen LogP contribution in [-0.2, 0) is 11.2 Å². The molecule has 1 aromatic rings. The third-order valence-corrected chi connectivity index (χ3v) is 2.81. The molecule has 0 aliphatic rings. The van der Waals surface area contributed by atoms with Gasteiger partial charge in [-0.3, -0.25) is 5.32 Å². The van der Waals surface area contributed by atoms with Crippen molar-refractivity contribution in [2.24, 2.45) is 5.73 Å². The van der Waals surface area contributed by atoms with Crippen molar-refractivity contribution < 1.29 is 9.53 Å². The molecule has 0 spiro atoms. The van der Waals surface area contributed by atoms with Crippen LogP contribution in [0, 0.1) is 6.92 Å². The number of amides is 1. The highest BCUT2D eigenvalue weighted by Gasteiger charge is 2.16. The van der Waals surface area contributed by atoms with Crippen molar-refractivity contribution in [2.45, 2.75) is 59.1 Å². The molecule has 1 unspecified atom stereocenters. The summed E-state index contributed by atoms with van der Waals surface area (Å²) >= 11 is 0. The summed E-state index contributed by atoms with van der Waals surface area (Å²) in [6.45, 7) is 9.51. The van der Waals surface area contributed by atoms with E-state index in [2.05, 4.69) is 11.4 Å². The van der Waals surface area contributed by atoms with E-state index in [0.29, 0.717) is 0 Å². The van der Waals surface area contributed by atoms with Gasteiger partial charge in [0, 0.05) is 11.7 Å². The number of aryl methyl sites for hydroxylation is 2. The Labute approximate surface area is 121 Å². The van der Waals surface area contributed by atoms with Gasteiger partial charge in [0.25, 0.3) is 0 Å². The van der Waals surface area contributed by atoms with Crippen molar-refractivity contribution in [2.75, 3.05) is 5.32 Å². The van der Waals surface area contributed by atoms with Gasteiger partial charge in [0.2, 0.25) is 0 Å². The molecule has 3 N–H and O–H groups in total. The number of hydrogen-bond donors (Lipinski definition) is 2. The second-order valence-electron chi connectivity index (χ2n) is 6.29. The van der Waals surface area contributed by atoms with E-state index < -0.39 is 11.7 Å². The zero-order chi connectivity index (χ0) is 15.3. The number of benzene rings is 1. The Morgan fingerprint density at radius 1 is 1.40 bits per heavy atom. The highest BCUT2D eigenvalue weighted by molar-refractivity contribution is 5.85. The van der Waals surface area contributed by atoms with Crippen molar-refractivity contribution in [3.8, 4) is 0 Å². The summed E-state index contributed by atoms with van der Waals surface area (Å²) in [6.07, 6.45) is 1.48. The van der Waals surface area contributed by atoms with Crippen molar-refractivity contribution >= 4 is 11.8 Å². The van der Waals surface area contributed by atoms with Gasteiger partial charge in [0.05, 0.1) is 0 Å². The van der Waals surface area contributed by atoms with E-state index in [4.69, 9.17) is 10.5 Å². The number of carbonyl (C=O) groups is 1. The summed E-state index contributed by atoms with van der Waals surface area (Å²) < 4.78 is 5.24. The SMILES string of the molecule is Cc1cc(CCC(C)N)ccc1NC(=O)OC(C)(C)C. The molecule has 20 heavy (non-hydrogen) atoms. The molecule has 0 bridgehead atoms. The van der Waals surface area contributed by atoms with Crippen molar-refractivity contribution in [1.29, 1.82) is 0 Å². The maximum absolute atomic E-state index is 11.7. The van der Waals surface area contributed by atoms with Crippen molar-refractivity contribution in [3.63, 3.8) is 0 Å². The van der Waals surface area contributed by atoms with E-state index in [1.807, 2.05) is 46.8 Å². The van der Waals surface area contributed by atoms with Gasteiger partial charge in [-0.25, -0.2) is 4.79 Å². The average molecular weight is 278 g/mol. The number of rotatable bonds is 4. The molecule has 0 saturated heterocycles. The molecular formula is C16H26N2O2. The molecular weight excluding hydrogens is 252 g/mol. The fraction of sp³-hybridized carbons (Fsp3) is 0.562. The summed E-state index contributed by atoms with van der Waals surface area (Å²) in [4.78, 5) is 11.7. The van der Waals surface area contributed by atoms with Crippen LogP contribution < -0.4 is 11.1 Å². The van der Waals surface area contributed by atoms with Crippen LogP contribution in [0.1, 0.15) is 45.2 Å². The Hall–Kier alpha value is -1.55. The van der Waals surface area contributed by atoms with E-state index in [0.717, 1.165) is 24.1 Å². The first kappa shape index (κ1) is 16.5. The molecule has 1 aromatic carbocycles. The van der Waals surface area contributed by atoms with Gasteiger partial charge < -0.3 is 10.5 Å². The quantitative estimate of drug-likeness (QED) is 0.884. The predicted octanol–water partition coefficient (Wildman–Crippen LogP) is 3.62. The summed E-state index contributed by atoms with van der Waals surface area (Å²) in [6, 6.07) is 6.21. The minimum Gasteiger partial charge on any atom is -0.444 e. The van der Waals surface area contributed by atoms with E-state index >= 15 is 0 Å². The van der Waals surface area contributed by atoms with Gasteiger partial charge in [0.1, 0.15) is 5.60 Å². The molecule has 0 aliphatic carbocycles. The van der Waals surface area contributed by atoms with Crippen LogP contribution in [0.25, 0.3) is 0 Å². The molecule has 112 valence electrons. The van der Waals surface area contributed by atoms with Gasteiger partial charge in [-0.1, -0.05) is 12.1 Å². The fourth-order valence-electron chi connectivity index (χ4n) is 1.83. The zero-order valence-corrected chi connectivity index (χ0v) is 13.1. The Kier molecular flexibility index (Phi) is 5.57. The highest BCUT2D eigenvalue weighted by atomic mass is 16.6. The van der Waals surface area contributed by atoms with Crippen LogP contribution in [-0.4, -0.2) is 17.7 Å². The minimum atomic E-state index is -0.491. The number of nitrogens with two attached hydrogens (primary N) is 1. The lowest BCUT2D eigenvalue weighted by molar-refractivity contribution is 0.0636. The summed E-state index contributed by atoms with van der Waals surface area (Å²) in [7, 11) is 0. The summed E-state index contributed by atoms with van der Waals surface area (Å²) in [5.41, 5.74) is 8.31. The number of ether oxygens (including phenoxy) is 1. The van der Waals surface area contributed by atoms with Crippen molar-refractivity contribution in [1.82, 2.24) is 0 Å². The van der Waals surface area contributed by atoms with Gasteiger partial charge in [0.15, 0.2) is 0 Å². The van der Waals surface area contributed by atoms with Crippen LogP contribution >= 0.6 is 0 Å². The third kappa shape index (κ3) is 6.06. The van der Waals surface area contributed by atoms with Crippen LogP contribution in [0.15, 0.2) is 18.2 Å². The second kappa shape index (κ2) is 6.75. The van der Waals surface area contributed by atoms with Crippen LogP contribution in [0.5, 0.6) is 0 Å². The van der Waals surface area contributed by atoms with E-state index in [-0.39, 0.29) is 6.04 Å². The van der Waals surface area contributed by atoms with E-state index in [1.165, 1.54) is 5.56 Å². The van der Waals surface area contributed by atoms with Crippen LogP contribution in [0.3, 0.4) is 0 Å². The fourth-order valence-corrected chi connectivity index (χ4v) is 1.83. The lowest BCUT2D eigenvalue weighted by Crippen LogP contribution is -2.27. The molecule has 1 rings (SSSR count). The van der Waals surface area contributed by atoms with E-state index in [1.54, 1.807) is 0 Å². The first-order valence-electron chi connectivity index (χ1n) is 7.02. The molecule has 4 heteroatoms. The number of anilines is 1. The molecule has 0 aromatic heterocycles. The maximum atomic E-state index is 11.7. The largest absolute Gasteiger partial charge is 0.444 e. The topological polar surface area (TPSA) is 64.3 Å². The summed E-state index contributed by atoms with van der Waals surface area (Å²) in [5, 5.41) is 2.77. The Morgan fingerprint density at radius 3 is 2.55 bits per heavy atom. The van der Waals surface area contributed by atoms with Crippen LogP contribution in [0.2, 0.25) is 0 Å². The molecule has 1 atom stereocenters. The summed E-state index contributed by atoms with van der Waals surface area (Å²) in [5.74, 6) is 0.